The number of pyridine rings is 1. The minimum Gasteiger partial charge on any atom is -0.381 e. The number of benzene rings is 1. The molecule has 3 heterocycles. The maximum Gasteiger partial charge on any atom is 0.131 e. The van der Waals surface area contributed by atoms with Gasteiger partial charge in [-0.1, -0.05) is 30.3 Å². The fourth-order valence-corrected chi connectivity index (χ4v) is 3.49. The van der Waals surface area contributed by atoms with Crippen molar-refractivity contribution in [1.82, 2.24) is 9.88 Å². The van der Waals surface area contributed by atoms with Gasteiger partial charge in [-0.2, -0.15) is 0 Å². The number of nitrogens with one attached hydrogen (secondary N) is 2. The van der Waals surface area contributed by atoms with Crippen LogP contribution in [0.25, 0.3) is 0 Å². The predicted molar refractivity (Wildman–Crippen MR) is 90.2 cm³/mol. The van der Waals surface area contributed by atoms with Crippen LogP contribution in [-0.2, 0) is 13.0 Å². The van der Waals surface area contributed by atoms with E-state index in [0.29, 0.717) is 6.04 Å². The van der Waals surface area contributed by atoms with Gasteiger partial charge < -0.3 is 10.6 Å². The highest BCUT2D eigenvalue weighted by molar-refractivity contribution is 5.64. The lowest BCUT2D eigenvalue weighted by molar-refractivity contribution is 0.328. The number of fused-ring (bicyclic) bond motifs is 1. The van der Waals surface area contributed by atoms with Crippen LogP contribution in [0.1, 0.15) is 17.5 Å². The van der Waals surface area contributed by atoms with E-state index >= 15 is 0 Å². The first-order valence-corrected chi connectivity index (χ1v) is 8.13. The molecule has 0 aliphatic carbocycles. The molecule has 4 rings (SSSR count). The molecule has 4 heteroatoms. The van der Waals surface area contributed by atoms with Crippen LogP contribution in [0.5, 0.6) is 0 Å². The van der Waals surface area contributed by atoms with Crippen molar-refractivity contribution in [2.45, 2.75) is 25.4 Å². The van der Waals surface area contributed by atoms with Gasteiger partial charge in [0.1, 0.15) is 5.82 Å². The zero-order valence-electron chi connectivity index (χ0n) is 12.8. The average molecular weight is 294 g/mol. The second kappa shape index (κ2) is 5.97. The van der Waals surface area contributed by atoms with Crippen molar-refractivity contribution in [3.8, 4) is 0 Å². The van der Waals surface area contributed by atoms with E-state index in [1.807, 2.05) is 6.20 Å². The SMILES string of the molecule is c1ccc(CN2CCC(Nc3ccnc4c3CCN4)C2)cc1. The Labute approximate surface area is 131 Å². The van der Waals surface area contributed by atoms with Crippen LogP contribution in [0.3, 0.4) is 0 Å². The van der Waals surface area contributed by atoms with Gasteiger partial charge in [-0.15, -0.1) is 0 Å². The van der Waals surface area contributed by atoms with Crippen molar-refractivity contribution < 1.29 is 0 Å². The van der Waals surface area contributed by atoms with E-state index in [4.69, 9.17) is 0 Å². The van der Waals surface area contributed by atoms with E-state index in [1.165, 1.54) is 23.2 Å². The van der Waals surface area contributed by atoms with E-state index in [0.717, 1.165) is 38.4 Å². The third kappa shape index (κ3) is 2.79. The van der Waals surface area contributed by atoms with Crippen LogP contribution in [-0.4, -0.2) is 35.6 Å². The summed E-state index contributed by atoms with van der Waals surface area (Å²) in [5.41, 5.74) is 4.02. The Morgan fingerprint density at radius 3 is 3.05 bits per heavy atom. The molecule has 2 aliphatic heterocycles. The summed E-state index contributed by atoms with van der Waals surface area (Å²) in [7, 11) is 0. The molecule has 0 saturated carbocycles. The Kier molecular flexibility index (Phi) is 3.69. The van der Waals surface area contributed by atoms with Crippen molar-refractivity contribution in [3.05, 3.63) is 53.7 Å². The molecule has 1 unspecified atom stereocenters. The van der Waals surface area contributed by atoms with E-state index < -0.39 is 0 Å². The molecule has 2 N–H and O–H groups in total. The molecule has 0 spiro atoms. The second-order valence-electron chi connectivity index (χ2n) is 6.21. The Bertz CT molecular complexity index is 641. The molecule has 1 aromatic heterocycles. The molecular formula is C18H22N4. The molecule has 1 fully saturated rings. The largest absolute Gasteiger partial charge is 0.381 e. The lowest BCUT2D eigenvalue weighted by atomic mass is 10.1. The van der Waals surface area contributed by atoms with Gasteiger partial charge in [0.2, 0.25) is 0 Å². The Balaban J connectivity index is 1.39. The molecule has 2 aromatic rings. The number of likely N-dealkylation sites (tertiary alicyclic amines) is 1. The molecule has 1 saturated heterocycles. The molecule has 0 radical (unpaired) electrons. The number of aromatic nitrogens is 1. The third-order valence-corrected chi connectivity index (χ3v) is 4.60. The van der Waals surface area contributed by atoms with Crippen LogP contribution in [0.15, 0.2) is 42.6 Å². The molecule has 1 aromatic carbocycles. The maximum absolute atomic E-state index is 4.40. The highest BCUT2D eigenvalue weighted by Crippen LogP contribution is 2.28. The van der Waals surface area contributed by atoms with Gasteiger partial charge in [0, 0.05) is 49.7 Å². The molecular weight excluding hydrogens is 272 g/mol. The number of anilines is 2. The number of nitrogens with zero attached hydrogens (tertiary/aromatic N) is 2. The smallest absolute Gasteiger partial charge is 0.131 e. The first kappa shape index (κ1) is 13.6. The van der Waals surface area contributed by atoms with Gasteiger partial charge in [-0.05, 0) is 24.5 Å². The van der Waals surface area contributed by atoms with Crippen LogP contribution in [0, 0.1) is 0 Å². The van der Waals surface area contributed by atoms with Gasteiger partial charge in [-0.25, -0.2) is 4.98 Å². The van der Waals surface area contributed by atoms with Crippen molar-refractivity contribution >= 4 is 11.5 Å². The second-order valence-corrected chi connectivity index (χ2v) is 6.21. The first-order valence-electron chi connectivity index (χ1n) is 8.13. The quantitative estimate of drug-likeness (QED) is 0.909. The Hall–Kier alpha value is -2.07. The number of hydrogen-bond acceptors (Lipinski definition) is 4. The van der Waals surface area contributed by atoms with Crippen molar-refractivity contribution in [1.29, 1.82) is 0 Å². The molecule has 0 amide bonds. The molecule has 0 bridgehead atoms. The summed E-state index contributed by atoms with van der Waals surface area (Å²) < 4.78 is 0. The highest BCUT2D eigenvalue weighted by atomic mass is 15.2. The van der Waals surface area contributed by atoms with Crippen molar-refractivity contribution in [3.63, 3.8) is 0 Å². The van der Waals surface area contributed by atoms with Gasteiger partial charge in [0.15, 0.2) is 0 Å². The van der Waals surface area contributed by atoms with Crippen LogP contribution >= 0.6 is 0 Å². The molecule has 1 atom stereocenters. The first-order chi connectivity index (χ1) is 10.9. The fourth-order valence-electron chi connectivity index (χ4n) is 3.49. The Morgan fingerprint density at radius 2 is 2.14 bits per heavy atom. The summed E-state index contributed by atoms with van der Waals surface area (Å²) in [6.07, 6.45) is 4.18. The third-order valence-electron chi connectivity index (χ3n) is 4.60. The monoisotopic (exact) mass is 294 g/mol. The summed E-state index contributed by atoms with van der Waals surface area (Å²) >= 11 is 0. The van der Waals surface area contributed by atoms with Crippen molar-refractivity contribution in [2.75, 3.05) is 30.3 Å². The average Bonchev–Trinajstić information content (AvgIpc) is 3.18. The van der Waals surface area contributed by atoms with Gasteiger partial charge in [0.25, 0.3) is 0 Å². The molecule has 22 heavy (non-hydrogen) atoms. The zero-order valence-corrected chi connectivity index (χ0v) is 12.8. The van der Waals surface area contributed by atoms with E-state index in [9.17, 15) is 0 Å². The molecule has 2 aliphatic rings. The molecule has 114 valence electrons. The topological polar surface area (TPSA) is 40.2 Å². The lowest BCUT2D eigenvalue weighted by Gasteiger charge is -2.18. The minimum atomic E-state index is 0.538. The van der Waals surface area contributed by atoms with E-state index in [2.05, 4.69) is 56.9 Å². The summed E-state index contributed by atoms with van der Waals surface area (Å²) in [5, 5.41) is 7.08. The standard InChI is InChI=1S/C18H22N4/c1-2-4-14(5-3-1)12-22-11-8-15(13-22)21-17-7-10-20-18-16(17)6-9-19-18/h1-5,7,10,15H,6,8-9,11-13H2,(H2,19,20,21). The normalized spacial score (nSPS) is 20.6. The summed E-state index contributed by atoms with van der Waals surface area (Å²) in [6, 6.07) is 13.4. The fraction of sp³-hybridized carbons (Fsp3) is 0.389. The lowest BCUT2D eigenvalue weighted by Crippen LogP contribution is -2.26. The van der Waals surface area contributed by atoms with Gasteiger partial charge >= 0.3 is 0 Å². The Morgan fingerprint density at radius 1 is 1.23 bits per heavy atom. The van der Waals surface area contributed by atoms with Crippen LogP contribution in [0.4, 0.5) is 11.5 Å². The minimum absolute atomic E-state index is 0.538. The van der Waals surface area contributed by atoms with Crippen molar-refractivity contribution in [2.24, 2.45) is 0 Å². The summed E-state index contributed by atoms with van der Waals surface area (Å²) in [6.45, 7) is 4.33. The highest BCUT2D eigenvalue weighted by Gasteiger charge is 2.24. The summed E-state index contributed by atoms with van der Waals surface area (Å²) in [5.74, 6) is 1.06. The number of hydrogen-bond donors (Lipinski definition) is 2. The van der Waals surface area contributed by atoms with E-state index in [1.54, 1.807) is 0 Å². The van der Waals surface area contributed by atoms with Crippen LogP contribution in [0.2, 0.25) is 0 Å². The number of rotatable bonds is 4. The predicted octanol–water partition coefficient (Wildman–Crippen LogP) is 2.74. The maximum atomic E-state index is 4.40. The summed E-state index contributed by atoms with van der Waals surface area (Å²) in [4.78, 5) is 6.94. The van der Waals surface area contributed by atoms with E-state index in [-0.39, 0.29) is 0 Å². The van der Waals surface area contributed by atoms with Gasteiger partial charge in [0.05, 0.1) is 0 Å². The molecule has 4 nitrogen and oxygen atoms in total. The van der Waals surface area contributed by atoms with Crippen LogP contribution < -0.4 is 10.6 Å². The zero-order chi connectivity index (χ0) is 14.8. The van der Waals surface area contributed by atoms with Gasteiger partial charge in [-0.3, -0.25) is 4.90 Å².